The number of aliphatic hydroxyl groups excluding tert-OH is 1. The van der Waals surface area contributed by atoms with Gasteiger partial charge in [0.25, 0.3) is 5.69 Å². The molecule has 0 aliphatic carbocycles. The lowest BCUT2D eigenvalue weighted by molar-refractivity contribution is -0.385. The Bertz CT molecular complexity index is 414. The Morgan fingerprint density at radius 3 is 2.67 bits per heavy atom. The molecule has 1 heterocycles. The molecule has 0 amide bonds. The summed E-state index contributed by atoms with van der Waals surface area (Å²) in [4.78, 5) is 12.8. The van der Waals surface area contributed by atoms with Crippen LogP contribution >= 0.6 is 0 Å². The molecule has 1 fully saturated rings. The summed E-state index contributed by atoms with van der Waals surface area (Å²) in [6.45, 7) is 2.57. The molecule has 98 valence electrons. The first-order chi connectivity index (χ1) is 8.66. The van der Waals surface area contributed by atoms with Crippen molar-refractivity contribution in [1.29, 1.82) is 0 Å². The van der Waals surface area contributed by atoms with Crippen LogP contribution in [0.1, 0.15) is 18.4 Å². The number of para-hydroxylation sites is 1. The standard InChI is InChI=1S/C13H18N2O3/c16-12-6-9-14(10-7-12)8-5-11-3-1-2-4-13(11)15(17)18/h1-4,12,16H,5-10H2. The highest BCUT2D eigenvalue weighted by atomic mass is 16.6. The maximum absolute atomic E-state index is 10.9. The van der Waals surface area contributed by atoms with E-state index in [9.17, 15) is 15.2 Å². The van der Waals surface area contributed by atoms with Gasteiger partial charge in [-0.05, 0) is 19.3 Å². The van der Waals surface area contributed by atoms with Crippen LogP contribution in [0.3, 0.4) is 0 Å². The molecule has 1 saturated heterocycles. The Kier molecular flexibility index (Phi) is 4.28. The minimum Gasteiger partial charge on any atom is -0.393 e. The van der Waals surface area contributed by atoms with Crippen LogP contribution in [0.5, 0.6) is 0 Å². The molecule has 0 spiro atoms. The maximum Gasteiger partial charge on any atom is 0.272 e. The third kappa shape index (κ3) is 3.27. The van der Waals surface area contributed by atoms with Crippen molar-refractivity contribution < 1.29 is 10.0 Å². The van der Waals surface area contributed by atoms with Gasteiger partial charge in [-0.15, -0.1) is 0 Å². The SMILES string of the molecule is O=[N+]([O-])c1ccccc1CCN1CCC(O)CC1. The quantitative estimate of drug-likeness (QED) is 0.651. The zero-order valence-corrected chi connectivity index (χ0v) is 10.3. The van der Waals surface area contributed by atoms with Crippen LogP contribution in [0.2, 0.25) is 0 Å². The Hall–Kier alpha value is -1.46. The second kappa shape index (κ2) is 5.93. The average molecular weight is 250 g/mol. The zero-order valence-electron chi connectivity index (χ0n) is 10.3. The average Bonchev–Trinajstić information content (AvgIpc) is 2.38. The van der Waals surface area contributed by atoms with E-state index < -0.39 is 0 Å². The lowest BCUT2D eigenvalue weighted by Crippen LogP contribution is -2.37. The van der Waals surface area contributed by atoms with E-state index in [2.05, 4.69) is 4.90 Å². The monoisotopic (exact) mass is 250 g/mol. The molecular weight excluding hydrogens is 232 g/mol. The van der Waals surface area contributed by atoms with Gasteiger partial charge in [0.15, 0.2) is 0 Å². The van der Waals surface area contributed by atoms with E-state index in [1.807, 2.05) is 12.1 Å². The van der Waals surface area contributed by atoms with Crippen LogP contribution in [-0.2, 0) is 6.42 Å². The lowest BCUT2D eigenvalue weighted by atomic mass is 10.1. The van der Waals surface area contributed by atoms with Gasteiger partial charge in [-0.25, -0.2) is 0 Å². The van der Waals surface area contributed by atoms with Crippen molar-refractivity contribution in [3.8, 4) is 0 Å². The third-order valence-corrected chi connectivity index (χ3v) is 3.44. The predicted octanol–water partition coefficient (Wildman–Crippen LogP) is 1.59. The number of nitrogens with zero attached hydrogens (tertiary/aromatic N) is 2. The van der Waals surface area contributed by atoms with E-state index in [-0.39, 0.29) is 16.7 Å². The Balaban J connectivity index is 1.92. The van der Waals surface area contributed by atoms with E-state index in [0.717, 1.165) is 38.0 Å². The van der Waals surface area contributed by atoms with Crippen LogP contribution in [0.25, 0.3) is 0 Å². The molecule has 0 saturated carbocycles. The number of nitro groups is 1. The van der Waals surface area contributed by atoms with E-state index in [1.54, 1.807) is 12.1 Å². The molecule has 1 aromatic carbocycles. The van der Waals surface area contributed by atoms with Crippen molar-refractivity contribution in [3.63, 3.8) is 0 Å². The largest absolute Gasteiger partial charge is 0.393 e. The van der Waals surface area contributed by atoms with E-state index in [4.69, 9.17) is 0 Å². The van der Waals surface area contributed by atoms with Gasteiger partial charge >= 0.3 is 0 Å². The number of rotatable bonds is 4. The van der Waals surface area contributed by atoms with Crippen molar-refractivity contribution in [2.24, 2.45) is 0 Å². The first-order valence-electron chi connectivity index (χ1n) is 6.29. The number of hydrogen-bond donors (Lipinski definition) is 1. The molecular formula is C13H18N2O3. The molecule has 5 nitrogen and oxygen atoms in total. The van der Waals surface area contributed by atoms with E-state index >= 15 is 0 Å². The molecule has 0 atom stereocenters. The van der Waals surface area contributed by atoms with Crippen molar-refractivity contribution in [2.75, 3.05) is 19.6 Å². The highest BCUT2D eigenvalue weighted by molar-refractivity contribution is 5.39. The van der Waals surface area contributed by atoms with Crippen LogP contribution in [0.4, 0.5) is 5.69 Å². The summed E-state index contributed by atoms with van der Waals surface area (Å²) in [5.41, 5.74) is 0.989. The van der Waals surface area contributed by atoms with Gasteiger partial charge in [0.1, 0.15) is 0 Å². The van der Waals surface area contributed by atoms with Crippen LogP contribution in [-0.4, -0.2) is 40.7 Å². The number of hydrogen-bond acceptors (Lipinski definition) is 4. The highest BCUT2D eigenvalue weighted by Crippen LogP contribution is 2.19. The molecule has 5 heteroatoms. The summed E-state index contributed by atoms with van der Waals surface area (Å²) in [6, 6.07) is 6.90. The fourth-order valence-electron chi connectivity index (χ4n) is 2.32. The lowest BCUT2D eigenvalue weighted by Gasteiger charge is -2.29. The summed E-state index contributed by atoms with van der Waals surface area (Å²) in [5, 5.41) is 20.3. The summed E-state index contributed by atoms with van der Waals surface area (Å²) < 4.78 is 0. The Morgan fingerprint density at radius 2 is 2.00 bits per heavy atom. The molecule has 2 rings (SSSR count). The summed E-state index contributed by atoms with van der Waals surface area (Å²) in [7, 11) is 0. The number of aliphatic hydroxyl groups is 1. The van der Waals surface area contributed by atoms with Crippen LogP contribution in [0, 0.1) is 10.1 Å². The highest BCUT2D eigenvalue weighted by Gasteiger charge is 2.18. The minimum atomic E-state index is -0.324. The van der Waals surface area contributed by atoms with Crippen molar-refractivity contribution in [2.45, 2.75) is 25.4 Å². The second-order valence-electron chi connectivity index (χ2n) is 4.71. The molecule has 1 aromatic rings. The minimum absolute atomic E-state index is 0.174. The van der Waals surface area contributed by atoms with Crippen molar-refractivity contribution in [1.82, 2.24) is 4.90 Å². The topological polar surface area (TPSA) is 66.6 Å². The van der Waals surface area contributed by atoms with E-state index in [1.165, 1.54) is 0 Å². The normalized spacial score (nSPS) is 17.8. The molecule has 1 N–H and O–H groups in total. The smallest absolute Gasteiger partial charge is 0.272 e. The molecule has 18 heavy (non-hydrogen) atoms. The van der Waals surface area contributed by atoms with Gasteiger partial charge in [-0.1, -0.05) is 18.2 Å². The first-order valence-corrected chi connectivity index (χ1v) is 6.29. The molecule has 1 aliphatic rings. The van der Waals surface area contributed by atoms with Gasteiger partial charge in [-0.3, -0.25) is 10.1 Å². The molecule has 0 unspecified atom stereocenters. The molecule has 0 bridgehead atoms. The number of benzene rings is 1. The summed E-state index contributed by atoms with van der Waals surface area (Å²) >= 11 is 0. The first kappa shape index (κ1) is 13.0. The third-order valence-electron chi connectivity index (χ3n) is 3.44. The fraction of sp³-hybridized carbons (Fsp3) is 0.538. The Morgan fingerprint density at radius 1 is 1.33 bits per heavy atom. The van der Waals surface area contributed by atoms with Crippen LogP contribution < -0.4 is 0 Å². The van der Waals surface area contributed by atoms with Gasteiger partial charge in [-0.2, -0.15) is 0 Å². The van der Waals surface area contributed by atoms with Gasteiger partial charge in [0.05, 0.1) is 11.0 Å². The number of likely N-dealkylation sites (tertiary alicyclic amines) is 1. The van der Waals surface area contributed by atoms with E-state index in [0.29, 0.717) is 6.42 Å². The number of piperidine rings is 1. The molecule has 1 aliphatic heterocycles. The Labute approximate surface area is 106 Å². The number of nitro benzene ring substituents is 1. The molecule has 0 aromatic heterocycles. The maximum atomic E-state index is 10.9. The molecule has 0 radical (unpaired) electrons. The second-order valence-corrected chi connectivity index (χ2v) is 4.71. The van der Waals surface area contributed by atoms with Crippen LogP contribution in [0.15, 0.2) is 24.3 Å². The predicted molar refractivity (Wildman–Crippen MR) is 68.5 cm³/mol. The summed E-state index contributed by atoms with van der Waals surface area (Å²) in [6.07, 6.45) is 2.12. The van der Waals surface area contributed by atoms with Gasteiger partial charge in [0.2, 0.25) is 0 Å². The van der Waals surface area contributed by atoms with Gasteiger partial charge < -0.3 is 10.0 Å². The summed E-state index contributed by atoms with van der Waals surface area (Å²) in [5.74, 6) is 0. The van der Waals surface area contributed by atoms with Crippen molar-refractivity contribution in [3.05, 3.63) is 39.9 Å². The van der Waals surface area contributed by atoms with Crippen molar-refractivity contribution >= 4 is 5.69 Å². The van der Waals surface area contributed by atoms with Gasteiger partial charge in [0, 0.05) is 31.3 Å². The fourth-order valence-corrected chi connectivity index (χ4v) is 2.32. The zero-order chi connectivity index (χ0) is 13.0.